The maximum Gasteiger partial charge on any atom is 0.0761 e. The molecule has 1 aliphatic rings. The van der Waals surface area contributed by atoms with Gasteiger partial charge < -0.3 is 10.0 Å². The predicted molar refractivity (Wildman–Crippen MR) is 81.5 cm³/mol. The number of hydrogen-bond acceptors (Lipinski definition) is 2. The summed E-state index contributed by atoms with van der Waals surface area (Å²) in [5, 5.41) is 9.55. The van der Waals surface area contributed by atoms with Gasteiger partial charge in [0.05, 0.1) is 6.10 Å². The Morgan fingerprint density at radius 1 is 1.05 bits per heavy atom. The van der Waals surface area contributed by atoms with Gasteiger partial charge in [-0.1, -0.05) is 26.0 Å². The fraction of sp³-hybridized carbons (Fsp3) is 0.647. The molecule has 106 valence electrons. The molecule has 1 aromatic rings. The third kappa shape index (κ3) is 3.73. The van der Waals surface area contributed by atoms with E-state index in [4.69, 9.17) is 0 Å². The Hall–Kier alpha value is -1.02. The average Bonchev–Trinajstić information content (AvgIpc) is 2.64. The van der Waals surface area contributed by atoms with E-state index in [0.29, 0.717) is 0 Å². The highest BCUT2D eigenvalue weighted by atomic mass is 16.3. The van der Waals surface area contributed by atoms with Gasteiger partial charge >= 0.3 is 0 Å². The van der Waals surface area contributed by atoms with E-state index >= 15 is 0 Å². The van der Waals surface area contributed by atoms with Crippen LogP contribution in [0.25, 0.3) is 0 Å². The van der Waals surface area contributed by atoms with Crippen LogP contribution < -0.4 is 4.90 Å². The van der Waals surface area contributed by atoms with Crippen LogP contribution in [0.15, 0.2) is 24.3 Å². The third-order valence-corrected chi connectivity index (χ3v) is 4.46. The van der Waals surface area contributed by atoms with Crippen LogP contribution in [0.2, 0.25) is 0 Å². The molecule has 0 radical (unpaired) electrons. The summed E-state index contributed by atoms with van der Waals surface area (Å²) in [7, 11) is 0. The highest BCUT2D eigenvalue weighted by molar-refractivity contribution is 5.48. The van der Waals surface area contributed by atoms with Crippen molar-refractivity contribution in [3.8, 4) is 0 Å². The van der Waals surface area contributed by atoms with E-state index in [1.54, 1.807) is 0 Å². The fourth-order valence-corrected chi connectivity index (χ4v) is 3.01. The Morgan fingerprint density at radius 2 is 1.74 bits per heavy atom. The fourth-order valence-electron chi connectivity index (χ4n) is 3.01. The molecule has 0 bridgehead atoms. The summed E-state index contributed by atoms with van der Waals surface area (Å²) in [6.07, 6.45) is 3.58. The molecule has 1 aromatic carbocycles. The van der Waals surface area contributed by atoms with Crippen LogP contribution in [-0.2, 0) is 0 Å². The monoisotopic (exact) mass is 261 g/mol. The predicted octanol–water partition coefficient (Wildman–Crippen LogP) is 4.00. The average molecular weight is 261 g/mol. The van der Waals surface area contributed by atoms with Crippen LogP contribution in [0.1, 0.15) is 51.7 Å². The standard InChI is InChI=1S/C17H27NO/c1-13(2)15-5-4-11-18(12-10-15)17-8-6-16(7-9-17)14(3)19/h6-9,13-15,19H,4-5,10-12H2,1-3H3/t14-,15?/m0/s1. The first-order valence-corrected chi connectivity index (χ1v) is 7.61. The highest BCUT2D eigenvalue weighted by Crippen LogP contribution is 2.27. The lowest BCUT2D eigenvalue weighted by Gasteiger charge is -2.24. The Balaban J connectivity index is 2.01. The second-order valence-electron chi connectivity index (χ2n) is 6.19. The molecule has 2 atom stereocenters. The van der Waals surface area contributed by atoms with Crippen molar-refractivity contribution in [3.63, 3.8) is 0 Å². The van der Waals surface area contributed by atoms with Crippen molar-refractivity contribution in [1.82, 2.24) is 0 Å². The molecule has 2 heteroatoms. The number of nitrogens with zero attached hydrogens (tertiary/aromatic N) is 1. The SMILES string of the molecule is CC(C)C1CCCN(c2ccc([C@H](C)O)cc2)CC1. The van der Waals surface area contributed by atoms with E-state index < -0.39 is 0 Å². The summed E-state index contributed by atoms with van der Waals surface area (Å²) in [5.41, 5.74) is 2.30. The lowest BCUT2D eigenvalue weighted by Crippen LogP contribution is -2.24. The van der Waals surface area contributed by atoms with Gasteiger partial charge in [-0.3, -0.25) is 0 Å². The number of rotatable bonds is 3. The lowest BCUT2D eigenvalue weighted by molar-refractivity contribution is 0.199. The van der Waals surface area contributed by atoms with Crippen LogP contribution in [0.3, 0.4) is 0 Å². The summed E-state index contributed by atoms with van der Waals surface area (Å²) in [6, 6.07) is 8.39. The van der Waals surface area contributed by atoms with Crippen molar-refractivity contribution >= 4 is 5.69 Å². The van der Waals surface area contributed by atoms with Gasteiger partial charge in [-0.25, -0.2) is 0 Å². The molecule has 0 amide bonds. The Bertz CT molecular complexity index is 383. The van der Waals surface area contributed by atoms with Crippen molar-refractivity contribution < 1.29 is 5.11 Å². The van der Waals surface area contributed by atoms with Gasteiger partial charge in [0.1, 0.15) is 0 Å². The van der Waals surface area contributed by atoms with Crippen molar-refractivity contribution in [2.75, 3.05) is 18.0 Å². The Morgan fingerprint density at radius 3 is 2.32 bits per heavy atom. The van der Waals surface area contributed by atoms with E-state index in [0.717, 1.165) is 30.5 Å². The van der Waals surface area contributed by atoms with Gasteiger partial charge in [0.25, 0.3) is 0 Å². The number of aliphatic hydroxyl groups is 1. The molecule has 1 fully saturated rings. The second-order valence-corrected chi connectivity index (χ2v) is 6.19. The quantitative estimate of drug-likeness (QED) is 0.889. The Labute approximate surface area is 117 Å². The molecule has 19 heavy (non-hydrogen) atoms. The maximum absolute atomic E-state index is 9.55. The van der Waals surface area contributed by atoms with E-state index in [2.05, 4.69) is 30.9 Å². The maximum atomic E-state index is 9.55. The van der Waals surface area contributed by atoms with Crippen molar-refractivity contribution in [2.45, 2.75) is 46.1 Å². The van der Waals surface area contributed by atoms with Gasteiger partial charge in [0.2, 0.25) is 0 Å². The molecule has 2 rings (SSSR count). The molecule has 0 aliphatic carbocycles. The molecular formula is C17H27NO. The van der Waals surface area contributed by atoms with Crippen LogP contribution in [0, 0.1) is 11.8 Å². The minimum absolute atomic E-state index is 0.372. The molecule has 1 N–H and O–H groups in total. The zero-order valence-electron chi connectivity index (χ0n) is 12.5. The largest absolute Gasteiger partial charge is 0.389 e. The molecule has 0 saturated carbocycles. The highest BCUT2D eigenvalue weighted by Gasteiger charge is 2.19. The van der Waals surface area contributed by atoms with E-state index in [1.807, 2.05) is 19.1 Å². The lowest BCUT2D eigenvalue weighted by atomic mass is 9.89. The van der Waals surface area contributed by atoms with Crippen LogP contribution in [0.4, 0.5) is 5.69 Å². The van der Waals surface area contributed by atoms with E-state index in [1.165, 1.54) is 24.9 Å². The van der Waals surface area contributed by atoms with E-state index in [-0.39, 0.29) is 6.10 Å². The van der Waals surface area contributed by atoms with Gasteiger partial charge in [-0.05, 0) is 55.7 Å². The van der Waals surface area contributed by atoms with Crippen molar-refractivity contribution in [1.29, 1.82) is 0 Å². The summed E-state index contributed by atoms with van der Waals surface area (Å²) in [6.45, 7) is 8.83. The van der Waals surface area contributed by atoms with E-state index in [9.17, 15) is 5.11 Å². The first kappa shape index (κ1) is 14.4. The smallest absolute Gasteiger partial charge is 0.0761 e. The topological polar surface area (TPSA) is 23.5 Å². The second kappa shape index (κ2) is 6.42. The van der Waals surface area contributed by atoms with Gasteiger partial charge in [-0.15, -0.1) is 0 Å². The van der Waals surface area contributed by atoms with Gasteiger partial charge in [-0.2, -0.15) is 0 Å². The van der Waals surface area contributed by atoms with Crippen LogP contribution >= 0.6 is 0 Å². The molecule has 2 nitrogen and oxygen atoms in total. The number of aliphatic hydroxyl groups excluding tert-OH is 1. The van der Waals surface area contributed by atoms with Gasteiger partial charge in [0.15, 0.2) is 0 Å². The minimum atomic E-state index is -0.372. The molecule has 1 aliphatic heterocycles. The molecule has 1 heterocycles. The van der Waals surface area contributed by atoms with Crippen LogP contribution in [0.5, 0.6) is 0 Å². The molecule has 1 saturated heterocycles. The molecular weight excluding hydrogens is 234 g/mol. The molecule has 1 unspecified atom stereocenters. The molecule has 0 spiro atoms. The summed E-state index contributed by atoms with van der Waals surface area (Å²) < 4.78 is 0. The summed E-state index contributed by atoms with van der Waals surface area (Å²) in [4.78, 5) is 2.49. The van der Waals surface area contributed by atoms with Crippen molar-refractivity contribution in [2.24, 2.45) is 11.8 Å². The minimum Gasteiger partial charge on any atom is -0.389 e. The van der Waals surface area contributed by atoms with Crippen molar-refractivity contribution in [3.05, 3.63) is 29.8 Å². The number of anilines is 1. The first-order chi connectivity index (χ1) is 9.08. The number of benzene rings is 1. The molecule has 0 aromatic heterocycles. The van der Waals surface area contributed by atoms with Gasteiger partial charge in [0, 0.05) is 18.8 Å². The first-order valence-electron chi connectivity index (χ1n) is 7.61. The summed E-state index contributed by atoms with van der Waals surface area (Å²) in [5.74, 6) is 1.68. The zero-order chi connectivity index (χ0) is 13.8. The zero-order valence-corrected chi connectivity index (χ0v) is 12.5. The van der Waals surface area contributed by atoms with Crippen LogP contribution in [-0.4, -0.2) is 18.2 Å². The Kier molecular flexibility index (Phi) is 4.87. The normalized spacial score (nSPS) is 22.4. The summed E-state index contributed by atoms with van der Waals surface area (Å²) >= 11 is 0. The number of hydrogen-bond donors (Lipinski definition) is 1. The third-order valence-electron chi connectivity index (χ3n) is 4.46.